The number of hydrogen-bond donors (Lipinski definition) is 3. The van der Waals surface area contributed by atoms with Crippen LogP contribution in [0, 0.1) is 0 Å². The number of aliphatic hydroxyl groups excluding tert-OH is 2. The van der Waals surface area contributed by atoms with Gasteiger partial charge < -0.3 is 15.5 Å². The van der Waals surface area contributed by atoms with Gasteiger partial charge in [-0.2, -0.15) is 0 Å². The molecule has 0 aliphatic heterocycles. The van der Waals surface area contributed by atoms with E-state index in [1.54, 1.807) is 6.08 Å². The van der Waals surface area contributed by atoms with Crippen LogP contribution in [-0.2, 0) is 4.79 Å². The van der Waals surface area contributed by atoms with Gasteiger partial charge >= 0.3 is 0 Å². The van der Waals surface area contributed by atoms with Gasteiger partial charge in [-0.1, -0.05) is 268 Å². The predicted octanol–water partition coefficient (Wildman–Crippen LogP) is 18.3. The second-order valence-electron chi connectivity index (χ2n) is 19.0. The highest BCUT2D eigenvalue weighted by Gasteiger charge is 2.18. The second-order valence-corrected chi connectivity index (χ2v) is 19.0. The summed E-state index contributed by atoms with van der Waals surface area (Å²) in [5.74, 6) is -0.0811. The molecule has 0 aromatic rings. The molecule has 364 valence electrons. The zero-order chi connectivity index (χ0) is 44.9. The van der Waals surface area contributed by atoms with Crippen LogP contribution in [0.2, 0.25) is 0 Å². The van der Waals surface area contributed by atoms with Crippen molar-refractivity contribution in [3.8, 4) is 0 Å². The normalized spacial score (nSPS) is 13.2. The molecule has 1 amide bonds. The maximum absolute atomic E-state index is 12.4. The quantitative estimate of drug-likeness (QED) is 0.0421. The summed E-state index contributed by atoms with van der Waals surface area (Å²) in [7, 11) is 0. The molecule has 2 unspecified atom stereocenters. The summed E-state index contributed by atoms with van der Waals surface area (Å²) in [6, 6.07) is -0.649. The van der Waals surface area contributed by atoms with Crippen molar-refractivity contribution >= 4 is 5.91 Å². The molecular weight excluding hydrogens is 759 g/mol. The molecule has 3 N–H and O–H groups in total. The first-order valence-corrected chi connectivity index (χ1v) is 27.9. The minimum absolute atomic E-state index is 0.0811. The van der Waals surface area contributed by atoms with E-state index in [1.807, 2.05) is 6.08 Å². The largest absolute Gasteiger partial charge is 0.394 e. The lowest BCUT2D eigenvalue weighted by molar-refractivity contribution is -0.123. The maximum atomic E-state index is 12.4. The average molecular weight is 869 g/mol. The number of rotatable bonds is 51. The van der Waals surface area contributed by atoms with Crippen LogP contribution in [0.4, 0.5) is 0 Å². The Bertz CT molecular complexity index is 985. The minimum atomic E-state index is -0.873. The Balaban J connectivity index is 3.53. The lowest BCUT2D eigenvalue weighted by Gasteiger charge is -2.19. The number of carbonyl (C=O) groups is 1. The number of unbranched alkanes of at least 4 members (excludes halogenated alkanes) is 38. The number of hydrogen-bond acceptors (Lipinski definition) is 3. The topological polar surface area (TPSA) is 69.6 Å². The Labute approximate surface area is 388 Å². The monoisotopic (exact) mass is 868 g/mol. The van der Waals surface area contributed by atoms with Gasteiger partial charge in [0.2, 0.25) is 5.91 Å². The molecule has 4 heteroatoms. The van der Waals surface area contributed by atoms with Crippen LogP contribution in [0.25, 0.3) is 0 Å². The average Bonchev–Trinajstić information content (AvgIpc) is 3.28. The molecule has 0 aromatic carbocycles. The van der Waals surface area contributed by atoms with Gasteiger partial charge in [0, 0.05) is 6.42 Å². The predicted molar refractivity (Wildman–Crippen MR) is 276 cm³/mol. The summed E-state index contributed by atoms with van der Waals surface area (Å²) >= 11 is 0. The molecule has 0 radical (unpaired) electrons. The van der Waals surface area contributed by atoms with E-state index in [9.17, 15) is 15.0 Å². The van der Waals surface area contributed by atoms with E-state index < -0.39 is 12.1 Å². The molecule has 0 rings (SSSR count). The van der Waals surface area contributed by atoms with E-state index >= 15 is 0 Å². The van der Waals surface area contributed by atoms with E-state index in [4.69, 9.17) is 0 Å². The Hall–Kier alpha value is -1.65. The van der Waals surface area contributed by atoms with Crippen LogP contribution >= 0.6 is 0 Å². The molecule has 0 aliphatic rings. The third-order valence-corrected chi connectivity index (χ3v) is 12.8. The lowest BCUT2D eigenvalue weighted by Crippen LogP contribution is -2.45. The molecule has 0 aliphatic carbocycles. The fraction of sp³-hybridized carbons (Fsp3) is 0.845. The molecule has 0 fully saturated rings. The van der Waals surface area contributed by atoms with E-state index in [1.165, 1.54) is 238 Å². The Morgan fingerprint density at radius 3 is 0.935 bits per heavy atom. The fourth-order valence-corrected chi connectivity index (χ4v) is 8.50. The van der Waals surface area contributed by atoms with E-state index in [-0.39, 0.29) is 12.5 Å². The summed E-state index contributed by atoms with van der Waals surface area (Å²) in [5.41, 5.74) is 0. The van der Waals surface area contributed by atoms with Crippen molar-refractivity contribution in [2.75, 3.05) is 6.61 Å². The highest BCUT2D eigenvalue weighted by atomic mass is 16.3. The van der Waals surface area contributed by atoms with Gasteiger partial charge in [-0.25, -0.2) is 0 Å². The van der Waals surface area contributed by atoms with Crippen molar-refractivity contribution in [2.24, 2.45) is 0 Å². The summed E-state index contributed by atoms with van der Waals surface area (Å²) in [5, 5.41) is 23.1. The van der Waals surface area contributed by atoms with Gasteiger partial charge in [0.15, 0.2) is 0 Å². The first kappa shape index (κ1) is 60.4. The third-order valence-electron chi connectivity index (χ3n) is 12.8. The van der Waals surface area contributed by atoms with Crippen molar-refractivity contribution < 1.29 is 15.0 Å². The summed E-state index contributed by atoms with van der Waals surface area (Å²) < 4.78 is 0. The first-order valence-electron chi connectivity index (χ1n) is 27.9. The molecule has 62 heavy (non-hydrogen) atoms. The maximum Gasteiger partial charge on any atom is 0.220 e. The molecule has 0 saturated carbocycles. The zero-order valence-corrected chi connectivity index (χ0v) is 41.9. The summed E-state index contributed by atoms with van der Waals surface area (Å²) in [4.78, 5) is 12.4. The molecule has 0 heterocycles. The Kier molecular flexibility index (Phi) is 52.3. The highest BCUT2D eigenvalue weighted by Crippen LogP contribution is 2.17. The van der Waals surface area contributed by atoms with E-state index in [0.717, 1.165) is 38.5 Å². The van der Waals surface area contributed by atoms with Gasteiger partial charge in [-0.3, -0.25) is 4.79 Å². The molecule has 0 bridgehead atoms. The molecule has 4 nitrogen and oxygen atoms in total. The van der Waals surface area contributed by atoms with Gasteiger partial charge in [-0.15, -0.1) is 0 Å². The van der Waals surface area contributed by atoms with Crippen LogP contribution in [0.1, 0.15) is 296 Å². The zero-order valence-electron chi connectivity index (χ0n) is 41.9. The molecular formula is C58H109NO3. The van der Waals surface area contributed by atoms with Crippen molar-refractivity contribution in [3.63, 3.8) is 0 Å². The number of carbonyl (C=O) groups excluding carboxylic acids is 1. The Morgan fingerprint density at radius 2 is 0.629 bits per heavy atom. The van der Waals surface area contributed by atoms with Gasteiger partial charge in [-0.05, 0) is 70.6 Å². The minimum Gasteiger partial charge on any atom is -0.394 e. The van der Waals surface area contributed by atoms with Gasteiger partial charge in [0.05, 0.1) is 18.8 Å². The van der Waals surface area contributed by atoms with Crippen LogP contribution in [0.3, 0.4) is 0 Å². The van der Waals surface area contributed by atoms with E-state index in [2.05, 4.69) is 55.6 Å². The lowest BCUT2D eigenvalue weighted by atomic mass is 10.0. The SMILES string of the molecule is CCCCCCCC/C=C\CCCCCCCCCC(=O)NC(CO)C(O)/C=C/CC/C=C/CC/C=C/CCCCCCCCCCCCCCCCCCCCCCCCC. The highest BCUT2D eigenvalue weighted by molar-refractivity contribution is 5.76. The van der Waals surface area contributed by atoms with Crippen LogP contribution < -0.4 is 5.32 Å². The number of nitrogens with one attached hydrogen (secondary N) is 1. The molecule has 2 atom stereocenters. The summed E-state index contributed by atoms with van der Waals surface area (Å²) in [6.45, 7) is 4.31. The Morgan fingerprint density at radius 1 is 0.371 bits per heavy atom. The number of aliphatic hydroxyl groups is 2. The smallest absolute Gasteiger partial charge is 0.220 e. The van der Waals surface area contributed by atoms with Crippen LogP contribution in [-0.4, -0.2) is 34.9 Å². The summed E-state index contributed by atoms with van der Waals surface area (Å²) in [6.07, 6.45) is 74.2. The van der Waals surface area contributed by atoms with Gasteiger partial charge in [0.1, 0.15) is 0 Å². The van der Waals surface area contributed by atoms with Crippen LogP contribution in [0.15, 0.2) is 48.6 Å². The van der Waals surface area contributed by atoms with E-state index in [0.29, 0.717) is 6.42 Å². The van der Waals surface area contributed by atoms with Crippen LogP contribution in [0.5, 0.6) is 0 Å². The number of allylic oxidation sites excluding steroid dienone is 7. The molecule has 0 saturated heterocycles. The van der Waals surface area contributed by atoms with Crippen molar-refractivity contribution in [2.45, 2.75) is 309 Å². The second kappa shape index (κ2) is 53.7. The van der Waals surface area contributed by atoms with Crippen molar-refractivity contribution in [1.29, 1.82) is 0 Å². The van der Waals surface area contributed by atoms with Gasteiger partial charge in [0.25, 0.3) is 0 Å². The molecule has 0 spiro atoms. The first-order chi connectivity index (χ1) is 30.7. The fourth-order valence-electron chi connectivity index (χ4n) is 8.50. The van der Waals surface area contributed by atoms with Crippen molar-refractivity contribution in [1.82, 2.24) is 5.32 Å². The van der Waals surface area contributed by atoms with Crippen molar-refractivity contribution in [3.05, 3.63) is 48.6 Å². The third kappa shape index (κ3) is 49.4. The standard InChI is InChI=1S/C58H109NO3/c1-3-5-7-9-11-13-15-17-19-21-22-23-24-25-26-27-28-29-30-31-32-33-34-35-36-38-39-41-43-45-47-49-51-53-57(61)56(55-60)59-58(62)54-52-50-48-46-44-42-40-37-20-18-16-14-12-10-8-6-4-2/h18,20,36,38,43,45,51,53,56-57,60-61H,3-17,19,21-35,37,39-42,44,46-50,52,54-55H2,1-2H3,(H,59,62)/b20-18-,38-36+,45-43+,53-51+. The number of amides is 1. The molecule has 0 aromatic heterocycles.